The first-order valence-corrected chi connectivity index (χ1v) is 8.45. The molecule has 0 spiro atoms. The predicted octanol–water partition coefficient (Wildman–Crippen LogP) is 4.84. The van der Waals surface area contributed by atoms with Crippen LogP contribution in [0.1, 0.15) is 5.56 Å². The average Bonchev–Trinajstić information content (AvgIpc) is 3.03. The smallest absolute Gasteiger partial charge is 0.279 e. The number of aryl methyl sites for hydroxylation is 1. The van der Waals surface area contributed by atoms with E-state index in [4.69, 9.17) is 0 Å². The lowest BCUT2D eigenvalue weighted by atomic mass is 10.2. The Bertz CT molecular complexity index is 1360. The standard InChI is InChI=1S/C22H15FN2O/c1-14-6-9-17(10-7-14)24-20-13-16(23)8-11-19(20)25-18-5-3-2-4-15(18)12-21(25)22(24)26/h2-13H,1H3. The molecule has 2 aromatic heterocycles. The van der Waals surface area contributed by atoms with Crippen LogP contribution in [-0.2, 0) is 0 Å². The third-order valence-electron chi connectivity index (χ3n) is 4.84. The highest BCUT2D eigenvalue weighted by Crippen LogP contribution is 2.25. The molecule has 0 unspecified atom stereocenters. The number of para-hydroxylation sites is 1. The molecule has 26 heavy (non-hydrogen) atoms. The second-order valence-corrected chi connectivity index (χ2v) is 6.53. The van der Waals surface area contributed by atoms with Crippen LogP contribution in [-0.4, -0.2) is 8.97 Å². The van der Waals surface area contributed by atoms with Crippen molar-refractivity contribution < 1.29 is 4.39 Å². The summed E-state index contributed by atoms with van der Waals surface area (Å²) in [4.78, 5) is 13.3. The van der Waals surface area contributed by atoms with E-state index in [1.54, 1.807) is 10.6 Å². The van der Waals surface area contributed by atoms with E-state index in [0.717, 1.165) is 27.7 Å². The minimum atomic E-state index is -0.367. The summed E-state index contributed by atoms with van der Waals surface area (Å²) in [5, 5.41) is 0.983. The fraction of sp³-hybridized carbons (Fsp3) is 0.0455. The van der Waals surface area contributed by atoms with Crippen LogP contribution >= 0.6 is 0 Å². The van der Waals surface area contributed by atoms with Crippen molar-refractivity contribution in [3.8, 4) is 5.69 Å². The highest BCUT2D eigenvalue weighted by molar-refractivity contribution is 5.93. The van der Waals surface area contributed by atoms with Gasteiger partial charge in [0.1, 0.15) is 11.3 Å². The van der Waals surface area contributed by atoms with Gasteiger partial charge in [-0.2, -0.15) is 0 Å². The van der Waals surface area contributed by atoms with E-state index in [0.29, 0.717) is 11.0 Å². The van der Waals surface area contributed by atoms with Crippen LogP contribution in [0.2, 0.25) is 0 Å². The molecule has 126 valence electrons. The summed E-state index contributed by atoms with van der Waals surface area (Å²) in [6, 6.07) is 22.0. The maximum Gasteiger partial charge on any atom is 0.279 e. The van der Waals surface area contributed by atoms with Gasteiger partial charge in [0.15, 0.2) is 0 Å². The lowest BCUT2D eigenvalue weighted by Gasteiger charge is -2.13. The highest BCUT2D eigenvalue weighted by Gasteiger charge is 2.15. The van der Waals surface area contributed by atoms with Crippen LogP contribution < -0.4 is 5.56 Å². The number of halogens is 1. The summed E-state index contributed by atoms with van der Waals surface area (Å²) in [6.45, 7) is 1.99. The van der Waals surface area contributed by atoms with E-state index < -0.39 is 0 Å². The monoisotopic (exact) mass is 342 g/mol. The van der Waals surface area contributed by atoms with Crippen molar-refractivity contribution in [2.75, 3.05) is 0 Å². The van der Waals surface area contributed by atoms with Crippen LogP contribution in [0.4, 0.5) is 4.39 Å². The molecule has 0 saturated carbocycles. The quantitative estimate of drug-likeness (QED) is 0.428. The normalized spacial score (nSPS) is 11.6. The summed E-state index contributed by atoms with van der Waals surface area (Å²) < 4.78 is 17.5. The van der Waals surface area contributed by atoms with Crippen molar-refractivity contribution in [3.63, 3.8) is 0 Å². The third-order valence-corrected chi connectivity index (χ3v) is 4.84. The van der Waals surface area contributed by atoms with Gasteiger partial charge in [-0.1, -0.05) is 35.9 Å². The third kappa shape index (κ3) is 2.02. The molecule has 0 aliphatic carbocycles. The minimum absolute atomic E-state index is 0.164. The number of hydrogen-bond donors (Lipinski definition) is 0. The Morgan fingerprint density at radius 1 is 0.769 bits per heavy atom. The van der Waals surface area contributed by atoms with E-state index >= 15 is 0 Å². The van der Waals surface area contributed by atoms with E-state index in [1.165, 1.54) is 12.1 Å². The number of aromatic nitrogens is 2. The van der Waals surface area contributed by atoms with Gasteiger partial charge in [-0.3, -0.25) is 9.36 Å². The van der Waals surface area contributed by atoms with Crippen LogP contribution in [0.15, 0.2) is 77.6 Å². The molecule has 0 bridgehead atoms. The van der Waals surface area contributed by atoms with Gasteiger partial charge in [0.2, 0.25) is 0 Å². The molecule has 3 aromatic carbocycles. The maximum absolute atomic E-state index is 14.0. The molecule has 5 aromatic rings. The lowest BCUT2D eigenvalue weighted by molar-refractivity contribution is 0.628. The summed E-state index contributed by atoms with van der Waals surface area (Å²) in [7, 11) is 0. The number of hydrogen-bond acceptors (Lipinski definition) is 1. The molecule has 0 amide bonds. The van der Waals surface area contributed by atoms with E-state index in [9.17, 15) is 9.18 Å². The molecule has 0 fully saturated rings. The van der Waals surface area contributed by atoms with Crippen LogP contribution in [0.5, 0.6) is 0 Å². The molecular formula is C22H15FN2O. The Morgan fingerprint density at radius 3 is 2.35 bits per heavy atom. The van der Waals surface area contributed by atoms with Gasteiger partial charge in [-0.15, -0.1) is 0 Å². The lowest BCUT2D eigenvalue weighted by Crippen LogP contribution is -2.21. The maximum atomic E-state index is 14.0. The van der Waals surface area contributed by atoms with Crippen molar-refractivity contribution >= 4 is 27.5 Å². The molecule has 0 atom stereocenters. The van der Waals surface area contributed by atoms with Crippen molar-refractivity contribution in [1.29, 1.82) is 0 Å². The fourth-order valence-electron chi connectivity index (χ4n) is 3.61. The van der Waals surface area contributed by atoms with Gasteiger partial charge in [0, 0.05) is 17.1 Å². The second kappa shape index (κ2) is 5.30. The Kier molecular flexibility index (Phi) is 3.04. The molecule has 0 aliphatic heterocycles. The average molecular weight is 342 g/mol. The van der Waals surface area contributed by atoms with Crippen molar-refractivity contribution in [3.05, 3.63) is 94.5 Å². The van der Waals surface area contributed by atoms with Gasteiger partial charge in [0.05, 0.1) is 16.6 Å². The number of rotatable bonds is 1. The zero-order valence-electron chi connectivity index (χ0n) is 14.1. The van der Waals surface area contributed by atoms with Crippen LogP contribution in [0, 0.1) is 12.7 Å². The van der Waals surface area contributed by atoms with E-state index in [-0.39, 0.29) is 11.4 Å². The van der Waals surface area contributed by atoms with E-state index in [2.05, 4.69) is 0 Å². The van der Waals surface area contributed by atoms with Gasteiger partial charge >= 0.3 is 0 Å². The van der Waals surface area contributed by atoms with Crippen molar-refractivity contribution in [2.24, 2.45) is 0 Å². The van der Waals surface area contributed by atoms with Gasteiger partial charge in [0.25, 0.3) is 5.56 Å². The number of fused-ring (bicyclic) bond motifs is 5. The Labute approximate surface area is 148 Å². The van der Waals surface area contributed by atoms with E-state index in [1.807, 2.05) is 65.9 Å². The minimum Gasteiger partial charge on any atom is -0.303 e. The van der Waals surface area contributed by atoms with Crippen molar-refractivity contribution in [2.45, 2.75) is 6.92 Å². The molecule has 3 nitrogen and oxygen atoms in total. The Balaban J connectivity index is 2.06. The SMILES string of the molecule is Cc1ccc(-n2c(=O)c3cc4ccccc4n3c3ccc(F)cc32)cc1. The topological polar surface area (TPSA) is 26.4 Å². The summed E-state index contributed by atoms with van der Waals surface area (Å²) in [6.07, 6.45) is 0. The fourth-order valence-corrected chi connectivity index (χ4v) is 3.61. The van der Waals surface area contributed by atoms with Gasteiger partial charge in [-0.25, -0.2) is 4.39 Å². The number of benzene rings is 3. The highest BCUT2D eigenvalue weighted by atomic mass is 19.1. The largest absolute Gasteiger partial charge is 0.303 e. The summed E-state index contributed by atoms with van der Waals surface area (Å²) in [5.74, 6) is -0.367. The van der Waals surface area contributed by atoms with Gasteiger partial charge in [-0.05, 0) is 43.3 Å². The molecule has 0 radical (unpaired) electrons. The summed E-state index contributed by atoms with van der Waals surface area (Å²) >= 11 is 0. The molecule has 2 heterocycles. The Hall–Kier alpha value is -3.40. The van der Waals surface area contributed by atoms with Crippen LogP contribution in [0.3, 0.4) is 0 Å². The molecule has 0 aliphatic rings. The molecule has 0 N–H and O–H groups in total. The number of nitrogens with zero attached hydrogens (tertiary/aromatic N) is 2. The molecule has 5 rings (SSSR count). The zero-order chi connectivity index (χ0) is 17.8. The first kappa shape index (κ1) is 14.9. The van der Waals surface area contributed by atoms with Gasteiger partial charge < -0.3 is 4.40 Å². The first-order valence-electron chi connectivity index (χ1n) is 8.45. The Morgan fingerprint density at radius 2 is 1.54 bits per heavy atom. The van der Waals surface area contributed by atoms with Crippen molar-refractivity contribution in [1.82, 2.24) is 8.97 Å². The summed E-state index contributed by atoms with van der Waals surface area (Å²) in [5.41, 5.74) is 4.52. The zero-order valence-corrected chi connectivity index (χ0v) is 14.1. The van der Waals surface area contributed by atoms with Crippen LogP contribution in [0.25, 0.3) is 33.1 Å². The molecule has 0 saturated heterocycles. The molecular weight excluding hydrogens is 327 g/mol. The second-order valence-electron chi connectivity index (χ2n) is 6.53. The first-order chi connectivity index (χ1) is 12.6. The predicted molar refractivity (Wildman–Crippen MR) is 103 cm³/mol. The molecule has 4 heteroatoms.